The summed E-state index contributed by atoms with van der Waals surface area (Å²) in [6.45, 7) is 0.599. The molecule has 0 aliphatic carbocycles. The molecule has 32 heavy (non-hydrogen) atoms. The number of ether oxygens (including phenoxy) is 1. The van der Waals surface area contributed by atoms with E-state index in [0.29, 0.717) is 34.4 Å². The second-order valence-electron chi connectivity index (χ2n) is 7.24. The van der Waals surface area contributed by atoms with Gasteiger partial charge in [-0.2, -0.15) is 10.2 Å². The molecule has 0 saturated heterocycles. The Labute approximate surface area is 188 Å². The molecule has 0 fully saturated rings. The van der Waals surface area contributed by atoms with E-state index in [0.717, 1.165) is 16.5 Å². The smallest absolute Gasteiger partial charge is 0.215 e. The van der Waals surface area contributed by atoms with Crippen molar-refractivity contribution in [2.45, 2.75) is 6.54 Å². The molecule has 158 valence electrons. The average molecular weight is 444 g/mol. The van der Waals surface area contributed by atoms with Crippen LogP contribution < -0.4 is 4.74 Å². The Morgan fingerprint density at radius 3 is 2.69 bits per heavy atom. The molecular weight excluding hydrogens is 426 g/mol. The van der Waals surface area contributed by atoms with Crippen molar-refractivity contribution in [3.05, 3.63) is 101 Å². The number of carbonyl (C=O) groups excluding carboxylic acids is 1. The summed E-state index contributed by atoms with van der Waals surface area (Å²) in [5.74, 6) is 1.04. The van der Waals surface area contributed by atoms with Crippen LogP contribution in [0.2, 0.25) is 5.02 Å². The Hall–Kier alpha value is -3.97. The molecule has 0 amide bonds. The topological polar surface area (TPSA) is 74.8 Å². The number of hydrogen-bond acceptors (Lipinski definition) is 5. The quantitative estimate of drug-likeness (QED) is 0.360. The predicted molar refractivity (Wildman–Crippen MR) is 122 cm³/mol. The lowest BCUT2D eigenvalue weighted by molar-refractivity contribution is 0.103. The summed E-state index contributed by atoms with van der Waals surface area (Å²) in [5.41, 5.74) is 2.88. The van der Waals surface area contributed by atoms with Crippen molar-refractivity contribution in [2.75, 3.05) is 7.11 Å². The molecule has 0 unspecified atom stereocenters. The van der Waals surface area contributed by atoms with Gasteiger partial charge in [0.05, 0.1) is 7.11 Å². The van der Waals surface area contributed by atoms with E-state index in [1.54, 1.807) is 37.7 Å². The first kappa shape index (κ1) is 20.0. The zero-order valence-corrected chi connectivity index (χ0v) is 17.9. The molecule has 0 aliphatic rings. The summed E-state index contributed by atoms with van der Waals surface area (Å²) in [6.07, 6.45) is 5.15. The fourth-order valence-electron chi connectivity index (χ4n) is 3.63. The molecule has 0 N–H and O–H groups in total. The van der Waals surface area contributed by atoms with Gasteiger partial charge >= 0.3 is 0 Å². The minimum Gasteiger partial charge on any atom is -0.497 e. The van der Waals surface area contributed by atoms with Gasteiger partial charge in [-0.25, -0.2) is 4.68 Å². The average Bonchev–Trinajstić information content (AvgIpc) is 3.46. The standard InChI is InChI=1S/C24H18ClN5O2/c1-32-18-8-9-22-19(13-18)20(15-29(22)14-16-4-6-17(25)7-5-16)24(31)21-10-12-30(28-21)23-3-2-11-26-27-23/h2-13,15H,14H2,1H3. The van der Waals surface area contributed by atoms with Crippen LogP contribution in [0.3, 0.4) is 0 Å². The molecule has 0 spiro atoms. The van der Waals surface area contributed by atoms with Crippen molar-refractivity contribution in [3.63, 3.8) is 0 Å². The van der Waals surface area contributed by atoms with Crippen LogP contribution in [0.15, 0.2) is 79.3 Å². The minimum atomic E-state index is -0.180. The maximum Gasteiger partial charge on any atom is 0.215 e. The second-order valence-corrected chi connectivity index (χ2v) is 7.67. The number of aromatic nitrogens is 5. The van der Waals surface area contributed by atoms with E-state index < -0.39 is 0 Å². The van der Waals surface area contributed by atoms with Gasteiger partial charge in [0.15, 0.2) is 5.82 Å². The van der Waals surface area contributed by atoms with Crippen molar-refractivity contribution in [3.8, 4) is 11.6 Å². The van der Waals surface area contributed by atoms with Crippen molar-refractivity contribution < 1.29 is 9.53 Å². The van der Waals surface area contributed by atoms with Gasteiger partial charge in [0.25, 0.3) is 0 Å². The van der Waals surface area contributed by atoms with Crippen LogP contribution in [0, 0.1) is 0 Å². The molecule has 2 aromatic carbocycles. The Kier molecular flexibility index (Phi) is 5.17. The molecule has 5 rings (SSSR count). The molecule has 0 aliphatic heterocycles. The van der Waals surface area contributed by atoms with Gasteiger partial charge in [-0.05, 0) is 54.1 Å². The number of carbonyl (C=O) groups is 1. The summed E-state index contributed by atoms with van der Waals surface area (Å²) < 4.78 is 8.98. The minimum absolute atomic E-state index is 0.180. The number of ketones is 1. The lowest BCUT2D eigenvalue weighted by atomic mass is 10.1. The van der Waals surface area contributed by atoms with Gasteiger partial charge in [0.2, 0.25) is 5.78 Å². The van der Waals surface area contributed by atoms with E-state index in [1.807, 2.05) is 53.2 Å². The first-order valence-corrected chi connectivity index (χ1v) is 10.3. The van der Waals surface area contributed by atoms with Crippen molar-refractivity contribution in [1.82, 2.24) is 24.5 Å². The van der Waals surface area contributed by atoms with Crippen LogP contribution in [0.25, 0.3) is 16.7 Å². The third kappa shape index (κ3) is 3.74. The molecule has 8 heteroatoms. The van der Waals surface area contributed by atoms with Gasteiger partial charge in [0, 0.05) is 46.6 Å². The SMILES string of the molecule is COc1ccc2c(c1)c(C(=O)c1ccn(-c3cccnn3)n1)cn2Cc1ccc(Cl)cc1. The van der Waals surface area contributed by atoms with Crippen LogP contribution in [0.1, 0.15) is 21.6 Å². The van der Waals surface area contributed by atoms with Gasteiger partial charge < -0.3 is 9.30 Å². The number of methoxy groups -OCH3 is 1. The molecule has 3 aromatic heterocycles. The lowest BCUT2D eigenvalue weighted by Gasteiger charge is -2.06. The van der Waals surface area contributed by atoms with Gasteiger partial charge in [-0.15, -0.1) is 5.10 Å². The number of nitrogens with zero attached hydrogens (tertiary/aromatic N) is 5. The van der Waals surface area contributed by atoms with E-state index in [9.17, 15) is 4.79 Å². The third-order valence-electron chi connectivity index (χ3n) is 5.21. The number of rotatable bonds is 6. The summed E-state index contributed by atoms with van der Waals surface area (Å²) >= 11 is 6.02. The summed E-state index contributed by atoms with van der Waals surface area (Å²) in [5, 5.41) is 13.8. The molecule has 0 radical (unpaired) electrons. The van der Waals surface area contributed by atoms with Gasteiger partial charge in [0.1, 0.15) is 11.4 Å². The fraction of sp³-hybridized carbons (Fsp3) is 0.0833. The van der Waals surface area contributed by atoms with Crippen LogP contribution in [0.5, 0.6) is 5.75 Å². The summed E-state index contributed by atoms with van der Waals surface area (Å²) in [6, 6.07) is 18.6. The molecule has 7 nitrogen and oxygen atoms in total. The van der Waals surface area contributed by atoms with Crippen molar-refractivity contribution in [2.24, 2.45) is 0 Å². The van der Waals surface area contributed by atoms with Crippen LogP contribution in [-0.2, 0) is 6.54 Å². The number of halogens is 1. The predicted octanol–water partition coefficient (Wildman–Crippen LogP) is 4.56. The highest BCUT2D eigenvalue weighted by atomic mass is 35.5. The van der Waals surface area contributed by atoms with E-state index in [-0.39, 0.29) is 5.78 Å². The Morgan fingerprint density at radius 1 is 1.09 bits per heavy atom. The van der Waals surface area contributed by atoms with Crippen molar-refractivity contribution in [1.29, 1.82) is 0 Å². The zero-order valence-electron chi connectivity index (χ0n) is 17.1. The van der Waals surface area contributed by atoms with E-state index >= 15 is 0 Å². The van der Waals surface area contributed by atoms with Gasteiger partial charge in [-0.1, -0.05) is 23.7 Å². The normalized spacial score (nSPS) is 11.1. The molecule has 0 bridgehead atoms. The van der Waals surface area contributed by atoms with Gasteiger partial charge in [-0.3, -0.25) is 4.79 Å². The van der Waals surface area contributed by atoms with Crippen LogP contribution in [0.4, 0.5) is 0 Å². The van der Waals surface area contributed by atoms with E-state index in [4.69, 9.17) is 16.3 Å². The second kappa shape index (κ2) is 8.28. The maximum absolute atomic E-state index is 13.4. The summed E-state index contributed by atoms with van der Waals surface area (Å²) in [4.78, 5) is 13.4. The number of hydrogen-bond donors (Lipinski definition) is 0. The first-order chi connectivity index (χ1) is 15.6. The van der Waals surface area contributed by atoms with E-state index in [1.165, 1.54) is 4.68 Å². The van der Waals surface area contributed by atoms with Crippen molar-refractivity contribution >= 4 is 28.3 Å². The Balaban J connectivity index is 1.56. The number of benzene rings is 2. The molecule has 0 saturated carbocycles. The molecular formula is C24H18ClN5O2. The highest BCUT2D eigenvalue weighted by Gasteiger charge is 2.20. The maximum atomic E-state index is 13.4. The highest BCUT2D eigenvalue weighted by Crippen LogP contribution is 2.28. The zero-order chi connectivity index (χ0) is 22.1. The van der Waals surface area contributed by atoms with Crippen LogP contribution >= 0.6 is 11.6 Å². The highest BCUT2D eigenvalue weighted by molar-refractivity contribution is 6.30. The van der Waals surface area contributed by atoms with E-state index in [2.05, 4.69) is 15.3 Å². The third-order valence-corrected chi connectivity index (χ3v) is 5.47. The summed E-state index contributed by atoms with van der Waals surface area (Å²) in [7, 11) is 1.61. The monoisotopic (exact) mass is 443 g/mol. The van der Waals surface area contributed by atoms with Crippen LogP contribution in [-0.4, -0.2) is 37.4 Å². The molecule has 3 heterocycles. The Morgan fingerprint density at radius 2 is 1.94 bits per heavy atom. The molecule has 5 aromatic rings. The number of fused-ring (bicyclic) bond motifs is 1. The molecule has 0 atom stereocenters. The Bertz CT molecular complexity index is 1410. The largest absolute Gasteiger partial charge is 0.497 e. The fourth-order valence-corrected chi connectivity index (χ4v) is 3.75. The first-order valence-electron chi connectivity index (χ1n) is 9.92. The lowest BCUT2D eigenvalue weighted by Crippen LogP contribution is -2.05.